The minimum atomic E-state index is 0.724. The molecule has 3 heterocycles. The third-order valence-corrected chi connectivity index (χ3v) is 7.70. The molecule has 0 unspecified atom stereocenters. The molecule has 210 valence electrons. The molecule has 0 radical (unpaired) electrons. The van der Waals surface area contributed by atoms with Crippen LogP contribution in [0, 0.1) is 0 Å². The summed E-state index contributed by atoms with van der Waals surface area (Å²) in [4.78, 5) is 6.84. The van der Waals surface area contributed by atoms with E-state index in [0.29, 0.717) is 0 Å². The molecule has 3 aromatic heterocycles. The van der Waals surface area contributed by atoms with Gasteiger partial charge >= 0.3 is 0 Å². The Morgan fingerprint density at radius 2 is 1.25 bits per heavy atom. The van der Waals surface area contributed by atoms with Crippen molar-refractivity contribution in [2.24, 2.45) is 0 Å². The number of rotatable bonds is 7. The van der Waals surface area contributed by atoms with E-state index in [-0.39, 0.29) is 0 Å². The smallest absolute Gasteiger partial charge is 0.137 e. The van der Waals surface area contributed by atoms with Crippen LogP contribution in [0.2, 0.25) is 0 Å². The highest BCUT2D eigenvalue weighted by Crippen LogP contribution is 2.36. The molecule has 0 spiro atoms. The Morgan fingerprint density at radius 3 is 2.02 bits per heavy atom. The molecule has 0 aliphatic heterocycles. The summed E-state index contributed by atoms with van der Waals surface area (Å²) in [5.41, 5.74) is 6.13. The molecule has 0 saturated carbocycles. The predicted molar refractivity (Wildman–Crippen MR) is 177 cm³/mol. The number of hydrogen-bond acceptors (Lipinski definition) is 4. The van der Waals surface area contributed by atoms with E-state index in [1.54, 1.807) is 0 Å². The Morgan fingerprint density at radius 1 is 0.545 bits per heavy atom. The van der Waals surface area contributed by atoms with Crippen molar-refractivity contribution in [3.8, 4) is 23.0 Å². The quantitative estimate of drug-likeness (QED) is 0.192. The molecule has 44 heavy (non-hydrogen) atoms. The summed E-state index contributed by atoms with van der Waals surface area (Å²) in [7, 11) is 0. The van der Waals surface area contributed by atoms with Crippen molar-refractivity contribution >= 4 is 38.9 Å². The molecule has 6 heteroatoms. The summed E-state index contributed by atoms with van der Waals surface area (Å²) < 4.78 is 10.5. The van der Waals surface area contributed by atoms with Gasteiger partial charge in [0.25, 0.3) is 0 Å². The average Bonchev–Trinajstić information content (AvgIpc) is 3.70. The molecule has 0 bridgehead atoms. The van der Waals surface area contributed by atoms with Crippen LogP contribution in [0.3, 0.4) is 0 Å². The number of anilines is 3. The second-order valence-electron chi connectivity index (χ2n) is 10.5. The van der Waals surface area contributed by atoms with Crippen LogP contribution in [0.4, 0.5) is 17.1 Å². The van der Waals surface area contributed by atoms with Crippen LogP contribution in [0.5, 0.6) is 11.5 Å². The Labute approximate surface area is 254 Å². The van der Waals surface area contributed by atoms with E-state index in [9.17, 15) is 0 Å². The van der Waals surface area contributed by atoms with Gasteiger partial charge in [-0.3, -0.25) is 4.57 Å². The van der Waals surface area contributed by atoms with Crippen LogP contribution >= 0.6 is 0 Å². The number of aromatic nitrogens is 4. The standard InChI is InChI=1S/C38H27N5O/c1-3-12-28(13-4-1)42(29-14-5-2-6-15-29)31-26-40-41(27-31)30-16-11-17-32(24-30)44-33-21-22-35-34-18-7-8-19-36(34)43(37(35)25-33)38-20-9-10-23-39-38/h1-27H. The molecule has 5 aromatic carbocycles. The van der Waals surface area contributed by atoms with E-state index >= 15 is 0 Å². The minimum Gasteiger partial charge on any atom is -0.457 e. The first kappa shape index (κ1) is 25.6. The van der Waals surface area contributed by atoms with Crippen LogP contribution in [0.15, 0.2) is 164 Å². The zero-order chi connectivity index (χ0) is 29.3. The van der Waals surface area contributed by atoms with E-state index in [2.05, 4.69) is 75.1 Å². The molecule has 8 aromatic rings. The number of ether oxygens (including phenoxy) is 1. The fourth-order valence-corrected chi connectivity index (χ4v) is 5.74. The van der Waals surface area contributed by atoms with Gasteiger partial charge in [0.2, 0.25) is 0 Å². The normalized spacial score (nSPS) is 11.2. The molecule has 0 N–H and O–H groups in total. The summed E-state index contributed by atoms with van der Waals surface area (Å²) >= 11 is 0. The maximum absolute atomic E-state index is 6.44. The van der Waals surface area contributed by atoms with Gasteiger partial charge < -0.3 is 9.64 Å². The van der Waals surface area contributed by atoms with Crippen molar-refractivity contribution in [3.63, 3.8) is 0 Å². The average molecular weight is 570 g/mol. The first-order valence-corrected chi connectivity index (χ1v) is 14.5. The zero-order valence-corrected chi connectivity index (χ0v) is 23.7. The summed E-state index contributed by atoms with van der Waals surface area (Å²) in [6.45, 7) is 0. The maximum Gasteiger partial charge on any atom is 0.137 e. The molecule has 0 saturated heterocycles. The van der Waals surface area contributed by atoms with Crippen molar-refractivity contribution in [2.75, 3.05) is 4.90 Å². The molecule has 0 aliphatic rings. The SMILES string of the molecule is c1ccc(N(c2ccccc2)c2cnn(-c3cccc(Oc4ccc5c6ccccc6n(-c6ccccn6)c5c4)c3)c2)cc1. The minimum absolute atomic E-state index is 0.724. The molecule has 0 amide bonds. The van der Waals surface area contributed by atoms with Gasteiger partial charge in [-0.1, -0.05) is 66.7 Å². The lowest BCUT2D eigenvalue weighted by Crippen LogP contribution is -2.08. The number of pyridine rings is 1. The third kappa shape index (κ3) is 4.64. The largest absolute Gasteiger partial charge is 0.457 e. The highest BCUT2D eigenvalue weighted by Gasteiger charge is 2.16. The topological polar surface area (TPSA) is 48.1 Å². The van der Waals surface area contributed by atoms with Crippen molar-refractivity contribution in [3.05, 3.63) is 164 Å². The van der Waals surface area contributed by atoms with Crippen LogP contribution in [0.25, 0.3) is 33.3 Å². The van der Waals surface area contributed by atoms with E-state index < -0.39 is 0 Å². The lowest BCUT2D eigenvalue weighted by Gasteiger charge is -2.23. The number of para-hydroxylation sites is 3. The Balaban J connectivity index is 1.14. The lowest BCUT2D eigenvalue weighted by atomic mass is 10.1. The van der Waals surface area contributed by atoms with Gasteiger partial charge in [0, 0.05) is 40.5 Å². The number of hydrogen-bond donors (Lipinski definition) is 0. The molecule has 6 nitrogen and oxygen atoms in total. The van der Waals surface area contributed by atoms with Gasteiger partial charge in [-0.05, 0) is 66.7 Å². The summed E-state index contributed by atoms with van der Waals surface area (Å²) in [5, 5.41) is 7.05. The summed E-state index contributed by atoms with van der Waals surface area (Å²) in [6, 6.07) is 49.2. The maximum atomic E-state index is 6.44. The first-order chi connectivity index (χ1) is 21.8. The Hall–Kier alpha value is -6.14. The fourth-order valence-electron chi connectivity index (χ4n) is 5.74. The fraction of sp³-hybridized carbons (Fsp3) is 0. The van der Waals surface area contributed by atoms with Gasteiger partial charge in [0.15, 0.2) is 0 Å². The molecule has 0 aliphatic carbocycles. The van der Waals surface area contributed by atoms with E-state index in [4.69, 9.17) is 9.84 Å². The Kier molecular flexibility index (Phi) is 6.35. The number of nitrogens with zero attached hydrogens (tertiary/aromatic N) is 5. The first-order valence-electron chi connectivity index (χ1n) is 14.5. The highest BCUT2D eigenvalue weighted by atomic mass is 16.5. The monoisotopic (exact) mass is 569 g/mol. The van der Waals surface area contributed by atoms with Crippen LogP contribution < -0.4 is 9.64 Å². The second kappa shape index (κ2) is 10.9. The van der Waals surface area contributed by atoms with Crippen molar-refractivity contribution in [1.29, 1.82) is 0 Å². The van der Waals surface area contributed by atoms with Gasteiger partial charge in [0.1, 0.15) is 17.3 Å². The van der Waals surface area contributed by atoms with Gasteiger partial charge in [-0.2, -0.15) is 5.10 Å². The highest BCUT2D eigenvalue weighted by molar-refractivity contribution is 6.09. The van der Waals surface area contributed by atoms with Crippen LogP contribution in [0.1, 0.15) is 0 Å². The molecule has 0 atom stereocenters. The molecular formula is C38H27N5O. The zero-order valence-electron chi connectivity index (χ0n) is 23.7. The molecule has 8 rings (SSSR count). The lowest BCUT2D eigenvalue weighted by molar-refractivity contribution is 0.483. The van der Waals surface area contributed by atoms with Crippen LogP contribution in [-0.2, 0) is 0 Å². The van der Waals surface area contributed by atoms with Gasteiger partial charge in [-0.25, -0.2) is 9.67 Å². The van der Waals surface area contributed by atoms with Crippen molar-refractivity contribution in [2.45, 2.75) is 0 Å². The Bertz CT molecular complexity index is 2170. The van der Waals surface area contributed by atoms with E-state index in [1.807, 2.05) is 108 Å². The van der Waals surface area contributed by atoms with E-state index in [0.717, 1.165) is 56.5 Å². The third-order valence-electron chi connectivity index (χ3n) is 7.70. The van der Waals surface area contributed by atoms with Gasteiger partial charge in [-0.15, -0.1) is 0 Å². The van der Waals surface area contributed by atoms with Crippen molar-refractivity contribution in [1.82, 2.24) is 19.3 Å². The summed E-state index contributed by atoms with van der Waals surface area (Å²) in [6.07, 6.45) is 5.75. The summed E-state index contributed by atoms with van der Waals surface area (Å²) in [5.74, 6) is 2.34. The second-order valence-corrected chi connectivity index (χ2v) is 10.5. The van der Waals surface area contributed by atoms with Gasteiger partial charge in [0.05, 0.1) is 34.8 Å². The van der Waals surface area contributed by atoms with Crippen molar-refractivity contribution < 1.29 is 4.74 Å². The molecule has 0 fully saturated rings. The van der Waals surface area contributed by atoms with Crippen LogP contribution in [-0.4, -0.2) is 19.3 Å². The predicted octanol–water partition coefficient (Wildman–Crippen LogP) is 9.63. The molecular weight excluding hydrogens is 542 g/mol. The van der Waals surface area contributed by atoms with E-state index in [1.165, 1.54) is 5.39 Å². The number of fused-ring (bicyclic) bond motifs is 3. The number of benzene rings is 5.